The van der Waals surface area contributed by atoms with E-state index >= 15 is 0 Å². The normalized spacial score (nSPS) is 13.6. The minimum Gasteiger partial charge on any atom is -0.378 e. The first-order valence-corrected chi connectivity index (χ1v) is 9.71. The van der Waals surface area contributed by atoms with Crippen molar-refractivity contribution in [3.63, 3.8) is 0 Å². The molecule has 1 saturated heterocycles. The van der Waals surface area contributed by atoms with E-state index in [0.29, 0.717) is 31.1 Å². The molecule has 1 fully saturated rings. The van der Waals surface area contributed by atoms with Gasteiger partial charge >= 0.3 is 0 Å². The summed E-state index contributed by atoms with van der Waals surface area (Å²) >= 11 is 0. The van der Waals surface area contributed by atoms with Crippen LogP contribution in [0.15, 0.2) is 54.6 Å². The standard InChI is InChI=1S/C21H23N7O2/c1-15(29)22-17-7-9-18(10-8-17)24-20-25-19(23-16-5-3-2-4-6-16)26-21(27-20)28-11-13-30-14-12-28/h2-10H,11-14H2,1H3,(H,22,29)(H2,23,24,25,26,27). The van der Waals surface area contributed by atoms with Crippen LogP contribution in [-0.4, -0.2) is 47.2 Å². The summed E-state index contributed by atoms with van der Waals surface area (Å²) in [4.78, 5) is 27.0. The Hall–Kier alpha value is -3.72. The number of nitrogens with one attached hydrogen (secondary N) is 3. The van der Waals surface area contributed by atoms with Crippen molar-refractivity contribution in [2.75, 3.05) is 47.2 Å². The predicted molar refractivity (Wildman–Crippen MR) is 117 cm³/mol. The molecule has 3 N–H and O–H groups in total. The fourth-order valence-corrected chi connectivity index (χ4v) is 3.00. The van der Waals surface area contributed by atoms with Crippen LogP contribution in [-0.2, 0) is 9.53 Å². The number of carbonyl (C=O) groups excluding carboxylic acids is 1. The molecule has 0 atom stereocenters. The van der Waals surface area contributed by atoms with Gasteiger partial charge in [0.1, 0.15) is 0 Å². The van der Waals surface area contributed by atoms with E-state index in [2.05, 4.69) is 35.8 Å². The summed E-state index contributed by atoms with van der Waals surface area (Å²) in [5.74, 6) is 1.36. The van der Waals surface area contributed by atoms with Crippen molar-refractivity contribution in [2.45, 2.75) is 6.92 Å². The van der Waals surface area contributed by atoms with Crippen molar-refractivity contribution in [3.05, 3.63) is 54.6 Å². The average molecular weight is 405 g/mol. The second-order valence-corrected chi connectivity index (χ2v) is 6.76. The number of carbonyl (C=O) groups is 1. The number of benzene rings is 2. The van der Waals surface area contributed by atoms with E-state index in [4.69, 9.17) is 4.74 Å². The lowest BCUT2D eigenvalue weighted by atomic mass is 10.3. The first-order valence-electron chi connectivity index (χ1n) is 9.71. The minimum absolute atomic E-state index is 0.111. The number of para-hydroxylation sites is 1. The highest BCUT2D eigenvalue weighted by Crippen LogP contribution is 2.22. The van der Waals surface area contributed by atoms with Crippen LogP contribution in [0.2, 0.25) is 0 Å². The van der Waals surface area contributed by atoms with E-state index in [1.54, 1.807) is 0 Å². The zero-order chi connectivity index (χ0) is 20.8. The summed E-state index contributed by atoms with van der Waals surface area (Å²) < 4.78 is 5.44. The zero-order valence-electron chi connectivity index (χ0n) is 16.6. The van der Waals surface area contributed by atoms with Crippen molar-refractivity contribution < 1.29 is 9.53 Å². The van der Waals surface area contributed by atoms with Crippen molar-refractivity contribution in [2.24, 2.45) is 0 Å². The summed E-state index contributed by atoms with van der Waals surface area (Å²) in [5.41, 5.74) is 2.42. The number of anilines is 6. The predicted octanol–water partition coefficient (Wildman–Crippen LogP) is 3.15. The molecule has 9 heteroatoms. The number of morpholine rings is 1. The Kier molecular flexibility index (Phi) is 6.00. The van der Waals surface area contributed by atoms with Gasteiger partial charge in [-0.15, -0.1) is 0 Å². The van der Waals surface area contributed by atoms with Gasteiger partial charge < -0.3 is 25.6 Å². The highest BCUT2D eigenvalue weighted by Gasteiger charge is 2.17. The third-order valence-electron chi connectivity index (χ3n) is 4.41. The van der Waals surface area contributed by atoms with Gasteiger partial charge in [0.25, 0.3) is 0 Å². The Bertz CT molecular complexity index is 990. The van der Waals surface area contributed by atoms with E-state index in [1.807, 2.05) is 54.6 Å². The van der Waals surface area contributed by atoms with Crippen molar-refractivity contribution in [1.29, 1.82) is 0 Å². The molecule has 2 heterocycles. The van der Waals surface area contributed by atoms with Gasteiger partial charge in [-0.2, -0.15) is 15.0 Å². The molecule has 1 amide bonds. The van der Waals surface area contributed by atoms with Crippen molar-refractivity contribution >= 4 is 40.8 Å². The third-order valence-corrected chi connectivity index (χ3v) is 4.41. The number of amides is 1. The molecule has 1 aliphatic heterocycles. The Labute approximate surface area is 174 Å². The Morgan fingerprint density at radius 3 is 2.00 bits per heavy atom. The van der Waals surface area contributed by atoms with Gasteiger partial charge in [0.15, 0.2) is 0 Å². The average Bonchev–Trinajstić information content (AvgIpc) is 2.76. The van der Waals surface area contributed by atoms with Gasteiger partial charge in [-0.3, -0.25) is 4.79 Å². The summed E-state index contributed by atoms with van der Waals surface area (Å²) in [5, 5.41) is 9.20. The number of nitrogens with zero attached hydrogens (tertiary/aromatic N) is 4. The molecule has 9 nitrogen and oxygen atoms in total. The third kappa shape index (κ3) is 5.21. The van der Waals surface area contributed by atoms with Crippen LogP contribution in [0.1, 0.15) is 6.92 Å². The number of hydrogen-bond donors (Lipinski definition) is 3. The van der Waals surface area contributed by atoms with Crippen LogP contribution in [0.25, 0.3) is 0 Å². The second-order valence-electron chi connectivity index (χ2n) is 6.76. The maximum absolute atomic E-state index is 11.2. The fourth-order valence-electron chi connectivity index (χ4n) is 3.00. The van der Waals surface area contributed by atoms with E-state index in [9.17, 15) is 4.79 Å². The fraction of sp³-hybridized carbons (Fsp3) is 0.238. The lowest BCUT2D eigenvalue weighted by Crippen LogP contribution is -2.37. The monoisotopic (exact) mass is 405 g/mol. The van der Waals surface area contributed by atoms with Crippen molar-refractivity contribution in [3.8, 4) is 0 Å². The molecule has 2 aromatic carbocycles. The molecule has 0 saturated carbocycles. The molecule has 30 heavy (non-hydrogen) atoms. The molecule has 0 unspecified atom stereocenters. The SMILES string of the molecule is CC(=O)Nc1ccc(Nc2nc(Nc3ccccc3)nc(N3CCOCC3)n2)cc1. The van der Waals surface area contributed by atoms with Crippen molar-refractivity contribution in [1.82, 2.24) is 15.0 Å². The van der Waals surface area contributed by atoms with Gasteiger partial charge in [0.05, 0.1) is 13.2 Å². The van der Waals surface area contributed by atoms with Gasteiger partial charge in [-0.05, 0) is 36.4 Å². The highest BCUT2D eigenvalue weighted by molar-refractivity contribution is 5.88. The summed E-state index contributed by atoms with van der Waals surface area (Å²) in [6.45, 7) is 4.20. The number of ether oxygens (including phenoxy) is 1. The summed E-state index contributed by atoms with van der Waals surface area (Å²) in [7, 11) is 0. The quantitative estimate of drug-likeness (QED) is 0.575. The highest BCUT2D eigenvalue weighted by atomic mass is 16.5. The van der Waals surface area contributed by atoms with Gasteiger partial charge in [0, 0.05) is 37.1 Å². The minimum atomic E-state index is -0.111. The van der Waals surface area contributed by atoms with Gasteiger partial charge in [-0.1, -0.05) is 18.2 Å². The smallest absolute Gasteiger partial charge is 0.233 e. The Morgan fingerprint density at radius 1 is 0.833 bits per heavy atom. The van der Waals surface area contributed by atoms with Crippen LogP contribution in [0.5, 0.6) is 0 Å². The molecule has 3 aromatic rings. The summed E-state index contributed by atoms with van der Waals surface area (Å²) in [6.07, 6.45) is 0. The lowest BCUT2D eigenvalue weighted by Gasteiger charge is -2.27. The maximum Gasteiger partial charge on any atom is 0.233 e. The Balaban J connectivity index is 1.58. The molecule has 0 spiro atoms. The van der Waals surface area contributed by atoms with Crippen LogP contribution < -0.4 is 20.9 Å². The molecule has 0 aliphatic carbocycles. The van der Waals surface area contributed by atoms with E-state index in [0.717, 1.165) is 30.2 Å². The Morgan fingerprint density at radius 2 is 1.40 bits per heavy atom. The number of aromatic nitrogens is 3. The van der Waals surface area contributed by atoms with Crippen LogP contribution in [0.4, 0.5) is 34.9 Å². The first-order chi connectivity index (χ1) is 14.7. The molecular formula is C21H23N7O2. The largest absolute Gasteiger partial charge is 0.378 e. The van der Waals surface area contributed by atoms with Crippen LogP contribution in [0, 0.1) is 0 Å². The number of hydrogen-bond acceptors (Lipinski definition) is 8. The van der Waals surface area contributed by atoms with Crippen LogP contribution in [0.3, 0.4) is 0 Å². The number of rotatable bonds is 6. The summed E-state index contributed by atoms with van der Waals surface area (Å²) in [6, 6.07) is 17.1. The van der Waals surface area contributed by atoms with Crippen LogP contribution >= 0.6 is 0 Å². The molecule has 154 valence electrons. The van der Waals surface area contributed by atoms with E-state index in [-0.39, 0.29) is 5.91 Å². The molecule has 1 aliphatic rings. The molecular weight excluding hydrogens is 382 g/mol. The van der Waals surface area contributed by atoms with Gasteiger partial charge in [-0.25, -0.2) is 0 Å². The van der Waals surface area contributed by atoms with E-state index in [1.165, 1.54) is 6.92 Å². The lowest BCUT2D eigenvalue weighted by molar-refractivity contribution is -0.114. The molecule has 4 rings (SSSR count). The second kappa shape index (κ2) is 9.19. The maximum atomic E-state index is 11.2. The molecule has 0 radical (unpaired) electrons. The first kappa shape index (κ1) is 19.6. The van der Waals surface area contributed by atoms with Gasteiger partial charge in [0.2, 0.25) is 23.8 Å². The zero-order valence-corrected chi connectivity index (χ0v) is 16.6. The molecule has 1 aromatic heterocycles. The molecule has 0 bridgehead atoms. The van der Waals surface area contributed by atoms with E-state index < -0.39 is 0 Å². The topological polar surface area (TPSA) is 104 Å².